The summed E-state index contributed by atoms with van der Waals surface area (Å²) in [6.45, 7) is 2.61. The third-order valence-corrected chi connectivity index (χ3v) is 2.27. The van der Waals surface area contributed by atoms with E-state index in [0.29, 0.717) is 0 Å². The first-order chi connectivity index (χ1) is 5.95. The topological polar surface area (TPSA) is 17.1 Å². The molecular formula is C9H7BrF2O. The average Bonchev–Trinajstić information content (AvgIpc) is 2.01. The molecule has 4 heteroatoms. The number of carbonyl (C=O) groups excluding carboxylic acids is 1. The third kappa shape index (κ3) is 1.77. The Morgan fingerprint density at radius 1 is 1.38 bits per heavy atom. The summed E-state index contributed by atoms with van der Waals surface area (Å²) in [6, 6.07) is 1.30. The molecule has 0 saturated carbocycles. The van der Waals surface area contributed by atoms with Crippen LogP contribution in [0.1, 0.15) is 22.8 Å². The second kappa shape index (κ2) is 3.54. The van der Waals surface area contributed by atoms with Gasteiger partial charge in [-0.1, -0.05) is 0 Å². The monoisotopic (exact) mass is 248 g/mol. The van der Waals surface area contributed by atoms with E-state index in [1.54, 1.807) is 0 Å². The molecule has 0 radical (unpaired) electrons. The van der Waals surface area contributed by atoms with Crippen molar-refractivity contribution in [3.05, 3.63) is 33.3 Å². The lowest BCUT2D eigenvalue weighted by Gasteiger charge is -2.05. The summed E-state index contributed by atoms with van der Waals surface area (Å²) in [4.78, 5) is 10.9. The molecule has 0 amide bonds. The number of benzene rings is 1. The molecule has 0 aliphatic heterocycles. The Morgan fingerprint density at radius 2 is 1.92 bits per heavy atom. The first-order valence-electron chi connectivity index (χ1n) is 3.60. The molecule has 1 aromatic carbocycles. The number of Topliss-reactive ketones (excluding diaryl/α,β-unsaturated/α-hetero) is 1. The molecule has 0 aliphatic carbocycles. The van der Waals surface area contributed by atoms with E-state index in [4.69, 9.17) is 0 Å². The zero-order chi connectivity index (χ0) is 10.2. The van der Waals surface area contributed by atoms with E-state index >= 15 is 0 Å². The molecule has 0 fully saturated rings. The van der Waals surface area contributed by atoms with Crippen LogP contribution in [-0.4, -0.2) is 5.78 Å². The van der Waals surface area contributed by atoms with Gasteiger partial charge in [-0.3, -0.25) is 4.79 Å². The maximum absolute atomic E-state index is 13.2. The Hall–Kier alpha value is -0.770. The summed E-state index contributed by atoms with van der Waals surface area (Å²) < 4.78 is 26.5. The van der Waals surface area contributed by atoms with E-state index in [2.05, 4.69) is 15.9 Å². The van der Waals surface area contributed by atoms with E-state index in [1.807, 2.05) is 0 Å². The van der Waals surface area contributed by atoms with Crippen molar-refractivity contribution in [1.29, 1.82) is 0 Å². The largest absolute Gasteiger partial charge is 0.294 e. The molecule has 1 rings (SSSR count). The van der Waals surface area contributed by atoms with E-state index in [9.17, 15) is 13.6 Å². The molecule has 0 unspecified atom stereocenters. The Morgan fingerprint density at radius 3 is 2.38 bits per heavy atom. The van der Waals surface area contributed by atoms with Crippen LogP contribution in [0.4, 0.5) is 8.78 Å². The Balaban J connectivity index is 3.56. The van der Waals surface area contributed by atoms with Crippen LogP contribution in [0.25, 0.3) is 0 Å². The van der Waals surface area contributed by atoms with Crippen LogP contribution in [-0.2, 0) is 0 Å². The van der Waals surface area contributed by atoms with Crippen LogP contribution < -0.4 is 0 Å². The van der Waals surface area contributed by atoms with Gasteiger partial charge in [0.25, 0.3) is 0 Å². The average molecular weight is 249 g/mol. The van der Waals surface area contributed by atoms with E-state index in [-0.39, 0.29) is 10.0 Å². The molecule has 0 atom stereocenters. The third-order valence-electron chi connectivity index (χ3n) is 1.69. The first-order valence-corrected chi connectivity index (χ1v) is 4.39. The molecule has 1 aromatic rings. The fraction of sp³-hybridized carbons (Fsp3) is 0.222. The molecule has 0 heterocycles. The van der Waals surface area contributed by atoms with Gasteiger partial charge in [0.1, 0.15) is 5.82 Å². The van der Waals surface area contributed by atoms with E-state index in [0.717, 1.165) is 6.92 Å². The predicted octanol–water partition coefficient (Wildman–Crippen LogP) is 3.24. The van der Waals surface area contributed by atoms with Gasteiger partial charge in [-0.15, -0.1) is 0 Å². The fourth-order valence-electron chi connectivity index (χ4n) is 1.04. The van der Waals surface area contributed by atoms with Crippen molar-refractivity contribution in [3.63, 3.8) is 0 Å². The minimum atomic E-state index is -0.837. The van der Waals surface area contributed by atoms with Crippen molar-refractivity contribution in [2.24, 2.45) is 0 Å². The van der Waals surface area contributed by atoms with Crippen LogP contribution in [0.5, 0.6) is 0 Å². The van der Waals surface area contributed by atoms with Crippen LogP contribution in [0, 0.1) is 18.6 Å². The highest BCUT2D eigenvalue weighted by atomic mass is 79.9. The molecule has 0 saturated heterocycles. The number of hydrogen-bond acceptors (Lipinski definition) is 1. The lowest BCUT2D eigenvalue weighted by atomic mass is 10.1. The van der Waals surface area contributed by atoms with Crippen LogP contribution in [0.15, 0.2) is 10.5 Å². The number of ketones is 1. The van der Waals surface area contributed by atoms with Gasteiger partial charge in [-0.25, -0.2) is 8.78 Å². The van der Waals surface area contributed by atoms with Gasteiger partial charge >= 0.3 is 0 Å². The molecule has 0 aromatic heterocycles. The van der Waals surface area contributed by atoms with Crippen molar-refractivity contribution < 1.29 is 13.6 Å². The minimum Gasteiger partial charge on any atom is -0.294 e. The molecule has 0 bridgehead atoms. The highest BCUT2D eigenvalue weighted by Gasteiger charge is 2.18. The molecule has 70 valence electrons. The first kappa shape index (κ1) is 10.3. The highest BCUT2D eigenvalue weighted by Crippen LogP contribution is 2.24. The van der Waals surface area contributed by atoms with E-state index in [1.165, 1.54) is 13.0 Å². The smallest absolute Gasteiger partial charge is 0.165 e. The zero-order valence-corrected chi connectivity index (χ0v) is 8.71. The second-order valence-electron chi connectivity index (χ2n) is 2.73. The van der Waals surface area contributed by atoms with Crippen LogP contribution in [0.2, 0.25) is 0 Å². The van der Waals surface area contributed by atoms with Crippen LogP contribution in [0.3, 0.4) is 0 Å². The lowest BCUT2D eigenvalue weighted by molar-refractivity contribution is 0.100. The van der Waals surface area contributed by atoms with Gasteiger partial charge in [-0.2, -0.15) is 0 Å². The molecule has 13 heavy (non-hydrogen) atoms. The number of carbonyl (C=O) groups is 1. The van der Waals surface area contributed by atoms with Crippen molar-refractivity contribution >= 4 is 21.7 Å². The molecular weight excluding hydrogens is 242 g/mol. The molecule has 0 aliphatic rings. The number of aryl methyl sites for hydroxylation is 1. The van der Waals surface area contributed by atoms with Crippen molar-refractivity contribution in [3.8, 4) is 0 Å². The summed E-state index contributed by atoms with van der Waals surface area (Å²) in [7, 11) is 0. The van der Waals surface area contributed by atoms with Gasteiger partial charge in [0, 0.05) is 0 Å². The lowest BCUT2D eigenvalue weighted by Crippen LogP contribution is -2.04. The summed E-state index contributed by atoms with van der Waals surface area (Å²) in [5.41, 5.74) is -0.231. The summed E-state index contributed by atoms with van der Waals surface area (Å²) >= 11 is 2.91. The Bertz CT molecular complexity index is 348. The highest BCUT2D eigenvalue weighted by molar-refractivity contribution is 9.10. The van der Waals surface area contributed by atoms with Gasteiger partial charge < -0.3 is 0 Å². The van der Waals surface area contributed by atoms with E-state index < -0.39 is 23.0 Å². The van der Waals surface area contributed by atoms with Crippen molar-refractivity contribution in [2.75, 3.05) is 0 Å². The zero-order valence-electron chi connectivity index (χ0n) is 7.12. The molecule has 0 N–H and O–H groups in total. The Kier molecular flexibility index (Phi) is 2.81. The second-order valence-corrected chi connectivity index (χ2v) is 3.59. The van der Waals surface area contributed by atoms with Gasteiger partial charge in [0.2, 0.25) is 0 Å². The van der Waals surface area contributed by atoms with Gasteiger partial charge in [0.15, 0.2) is 11.6 Å². The summed E-state index contributed by atoms with van der Waals surface area (Å²) in [5.74, 6) is -2.23. The summed E-state index contributed by atoms with van der Waals surface area (Å²) in [6.07, 6.45) is 0. The van der Waals surface area contributed by atoms with Gasteiger partial charge in [0.05, 0.1) is 10.0 Å². The quantitative estimate of drug-likeness (QED) is 0.551. The Labute approximate surface area is 82.9 Å². The van der Waals surface area contributed by atoms with Gasteiger partial charge in [-0.05, 0) is 41.4 Å². The number of hydrogen-bond donors (Lipinski definition) is 0. The van der Waals surface area contributed by atoms with Crippen LogP contribution >= 0.6 is 15.9 Å². The fourth-order valence-corrected chi connectivity index (χ4v) is 1.58. The number of rotatable bonds is 1. The summed E-state index contributed by atoms with van der Waals surface area (Å²) in [5, 5.41) is 0. The number of halogens is 3. The maximum Gasteiger partial charge on any atom is 0.165 e. The minimum absolute atomic E-state index is 0.108. The molecule has 1 nitrogen and oxygen atoms in total. The SMILES string of the molecule is CC(=O)c1c(F)c(C)cc(Br)c1F. The normalized spacial score (nSPS) is 10.2. The molecule has 0 spiro atoms. The van der Waals surface area contributed by atoms with Crippen molar-refractivity contribution in [2.45, 2.75) is 13.8 Å². The van der Waals surface area contributed by atoms with Crippen molar-refractivity contribution in [1.82, 2.24) is 0 Å². The maximum atomic E-state index is 13.2. The standard InChI is InChI=1S/C9H7BrF2O/c1-4-3-6(10)9(12)7(5(2)13)8(4)11/h3H,1-2H3. The predicted molar refractivity (Wildman–Crippen MR) is 48.8 cm³/mol.